The molecule has 0 aromatic heterocycles. The summed E-state index contributed by atoms with van der Waals surface area (Å²) in [6.45, 7) is 15.7. The van der Waals surface area contributed by atoms with Crippen molar-refractivity contribution in [3.8, 4) is 5.75 Å². The molecule has 0 aliphatic carbocycles. The van der Waals surface area contributed by atoms with E-state index in [-0.39, 0.29) is 10.6 Å². The average molecular weight is 399 g/mol. The van der Waals surface area contributed by atoms with Crippen LogP contribution in [0.15, 0.2) is 24.3 Å². The highest BCUT2D eigenvalue weighted by atomic mass is 79.9. The van der Waals surface area contributed by atoms with Crippen molar-refractivity contribution in [1.82, 2.24) is 0 Å². The molecule has 1 atom stereocenters. The van der Waals surface area contributed by atoms with E-state index < -0.39 is 8.32 Å². The topological polar surface area (TPSA) is 26.3 Å². The number of benzene rings is 1. The molecule has 0 saturated carbocycles. The third-order valence-corrected chi connectivity index (χ3v) is 11.0. The van der Waals surface area contributed by atoms with Crippen LogP contribution in [0.2, 0.25) is 16.6 Å². The second-order valence-electron chi connectivity index (χ2n) is 7.35. The number of rotatable bonds is 8. The van der Waals surface area contributed by atoms with E-state index in [1.165, 1.54) is 0 Å². The van der Waals surface area contributed by atoms with Crippen molar-refractivity contribution in [3.05, 3.63) is 29.8 Å². The molecule has 4 heteroatoms. The second-order valence-corrected chi connectivity index (χ2v) is 14.3. The number of carbonyl (C=O) groups is 1. The van der Waals surface area contributed by atoms with E-state index in [0.717, 1.165) is 11.3 Å². The molecular formula is C19H31BrO2Si. The SMILES string of the molecule is CC(Br)CC(=O)c1ccc(O[Si](C(C)C)(C(C)C)C(C)C)cc1. The van der Waals surface area contributed by atoms with Crippen LogP contribution in [-0.2, 0) is 0 Å². The van der Waals surface area contributed by atoms with Crippen molar-refractivity contribution >= 4 is 30.0 Å². The van der Waals surface area contributed by atoms with Gasteiger partial charge in [-0.15, -0.1) is 0 Å². The Kier molecular flexibility index (Phi) is 7.53. The first-order valence-electron chi connectivity index (χ1n) is 8.57. The Morgan fingerprint density at radius 1 is 0.957 bits per heavy atom. The minimum absolute atomic E-state index is 0.168. The molecule has 2 nitrogen and oxygen atoms in total. The fraction of sp³-hybridized carbons (Fsp3) is 0.632. The van der Waals surface area contributed by atoms with Crippen LogP contribution in [0.3, 0.4) is 0 Å². The van der Waals surface area contributed by atoms with Crippen LogP contribution in [0.1, 0.15) is 65.2 Å². The summed E-state index contributed by atoms with van der Waals surface area (Å²) in [7, 11) is -1.93. The molecular weight excluding hydrogens is 368 g/mol. The summed E-state index contributed by atoms with van der Waals surface area (Å²) in [6.07, 6.45) is 0.517. The third kappa shape index (κ3) is 4.93. The molecule has 23 heavy (non-hydrogen) atoms. The Balaban J connectivity index is 3.01. The van der Waals surface area contributed by atoms with Crippen molar-refractivity contribution in [1.29, 1.82) is 0 Å². The Bertz CT molecular complexity index is 485. The summed E-state index contributed by atoms with van der Waals surface area (Å²) in [6, 6.07) is 7.71. The van der Waals surface area contributed by atoms with Crippen LogP contribution in [-0.4, -0.2) is 18.9 Å². The number of hydrogen-bond donors (Lipinski definition) is 0. The zero-order valence-corrected chi connectivity index (χ0v) is 18.1. The number of alkyl halides is 1. The number of carbonyl (C=O) groups excluding carboxylic acids is 1. The van der Waals surface area contributed by atoms with E-state index in [2.05, 4.69) is 57.5 Å². The minimum Gasteiger partial charge on any atom is -0.543 e. The van der Waals surface area contributed by atoms with Crippen LogP contribution in [0, 0.1) is 0 Å². The monoisotopic (exact) mass is 398 g/mol. The first kappa shape index (κ1) is 20.4. The first-order chi connectivity index (χ1) is 10.6. The Hall–Kier alpha value is -0.613. The van der Waals surface area contributed by atoms with Gasteiger partial charge < -0.3 is 4.43 Å². The van der Waals surface area contributed by atoms with Crippen LogP contribution in [0.5, 0.6) is 5.75 Å². The molecule has 1 unspecified atom stereocenters. The molecule has 0 fully saturated rings. The number of Topliss-reactive ketones (excluding diaryl/α,β-unsaturated/α-hetero) is 1. The Morgan fingerprint density at radius 3 is 1.74 bits per heavy atom. The van der Waals surface area contributed by atoms with Gasteiger partial charge in [-0.05, 0) is 40.9 Å². The quantitative estimate of drug-likeness (QED) is 0.280. The van der Waals surface area contributed by atoms with Crippen molar-refractivity contribution in [2.45, 2.75) is 76.3 Å². The van der Waals surface area contributed by atoms with Gasteiger partial charge in [0.05, 0.1) is 0 Å². The lowest BCUT2D eigenvalue weighted by Gasteiger charge is -2.42. The predicted octanol–water partition coefficient (Wildman–Crippen LogP) is 6.60. The standard InChI is InChI=1S/C19H31BrO2Si/c1-13(2)23(14(3)4,15(5)6)22-18-10-8-17(9-11-18)19(21)12-16(7)20/h8-11,13-16H,12H2,1-7H3. The lowest BCUT2D eigenvalue weighted by molar-refractivity contribution is 0.0984. The Labute approximate surface area is 151 Å². The molecule has 130 valence electrons. The zero-order valence-electron chi connectivity index (χ0n) is 15.5. The van der Waals surface area contributed by atoms with Crippen LogP contribution < -0.4 is 4.43 Å². The molecule has 0 saturated heterocycles. The van der Waals surface area contributed by atoms with E-state index in [1.54, 1.807) is 0 Å². The van der Waals surface area contributed by atoms with E-state index in [1.807, 2.05) is 31.2 Å². The highest BCUT2D eigenvalue weighted by Crippen LogP contribution is 2.42. The summed E-state index contributed by atoms with van der Waals surface area (Å²) in [5.74, 6) is 1.07. The molecule has 0 aliphatic rings. The first-order valence-corrected chi connectivity index (χ1v) is 11.6. The highest BCUT2D eigenvalue weighted by molar-refractivity contribution is 9.09. The third-order valence-electron chi connectivity index (χ3n) is 4.64. The fourth-order valence-corrected chi connectivity index (χ4v) is 9.19. The molecule has 0 spiro atoms. The van der Waals surface area contributed by atoms with Gasteiger partial charge in [0.1, 0.15) is 5.75 Å². The van der Waals surface area contributed by atoms with Gasteiger partial charge in [-0.3, -0.25) is 4.79 Å². The molecule has 0 amide bonds. The minimum atomic E-state index is -1.93. The lowest BCUT2D eigenvalue weighted by atomic mass is 10.1. The predicted molar refractivity (Wildman–Crippen MR) is 105 cm³/mol. The number of ketones is 1. The van der Waals surface area contributed by atoms with Crippen molar-refractivity contribution in [2.24, 2.45) is 0 Å². The van der Waals surface area contributed by atoms with Crippen LogP contribution in [0.4, 0.5) is 0 Å². The molecule has 1 aromatic carbocycles. The number of hydrogen-bond acceptors (Lipinski definition) is 2. The average Bonchev–Trinajstić information content (AvgIpc) is 2.43. The molecule has 0 aliphatic heterocycles. The number of halogens is 1. The smallest absolute Gasteiger partial charge is 0.258 e. The molecule has 1 aromatic rings. The van der Waals surface area contributed by atoms with Crippen LogP contribution in [0.25, 0.3) is 0 Å². The molecule has 1 rings (SSSR count). The van der Waals surface area contributed by atoms with E-state index in [0.29, 0.717) is 23.0 Å². The van der Waals surface area contributed by atoms with Gasteiger partial charge in [-0.1, -0.05) is 64.4 Å². The summed E-state index contributed by atoms with van der Waals surface area (Å²) in [5, 5.41) is 0. The normalized spacial score (nSPS) is 13.7. The van der Waals surface area contributed by atoms with Crippen LogP contribution >= 0.6 is 15.9 Å². The van der Waals surface area contributed by atoms with E-state index in [9.17, 15) is 4.79 Å². The Morgan fingerprint density at radius 2 is 1.39 bits per heavy atom. The van der Waals surface area contributed by atoms with E-state index >= 15 is 0 Å². The van der Waals surface area contributed by atoms with Crippen molar-refractivity contribution in [3.63, 3.8) is 0 Å². The summed E-state index contributed by atoms with van der Waals surface area (Å²) >= 11 is 3.43. The van der Waals surface area contributed by atoms with Gasteiger partial charge in [0.2, 0.25) is 0 Å². The molecule has 0 heterocycles. The van der Waals surface area contributed by atoms with Gasteiger partial charge in [0.25, 0.3) is 8.32 Å². The van der Waals surface area contributed by atoms with Gasteiger partial charge in [-0.2, -0.15) is 0 Å². The summed E-state index contributed by atoms with van der Waals surface area (Å²) in [5.41, 5.74) is 2.38. The summed E-state index contributed by atoms with van der Waals surface area (Å²) < 4.78 is 6.62. The molecule has 0 N–H and O–H groups in total. The molecule has 0 radical (unpaired) electrons. The fourth-order valence-electron chi connectivity index (χ4n) is 3.64. The zero-order chi connectivity index (χ0) is 17.8. The maximum Gasteiger partial charge on any atom is 0.258 e. The highest BCUT2D eigenvalue weighted by Gasteiger charge is 2.46. The van der Waals surface area contributed by atoms with Crippen molar-refractivity contribution in [2.75, 3.05) is 0 Å². The second kappa shape index (κ2) is 8.47. The van der Waals surface area contributed by atoms with Gasteiger partial charge in [0, 0.05) is 16.8 Å². The lowest BCUT2D eigenvalue weighted by Crippen LogP contribution is -2.50. The van der Waals surface area contributed by atoms with Gasteiger partial charge >= 0.3 is 0 Å². The maximum atomic E-state index is 12.1. The molecule has 0 bridgehead atoms. The maximum absolute atomic E-state index is 12.1. The van der Waals surface area contributed by atoms with E-state index in [4.69, 9.17) is 4.43 Å². The van der Waals surface area contributed by atoms with Gasteiger partial charge in [0.15, 0.2) is 5.78 Å². The van der Waals surface area contributed by atoms with Gasteiger partial charge in [-0.25, -0.2) is 0 Å². The van der Waals surface area contributed by atoms with Crippen molar-refractivity contribution < 1.29 is 9.22 Å². The largest absolute Gasteiger partial charge is 0.543 e. The summed E-state index contributed by atoms with van der Waals surface area (Å²) in [4.78, 5) is 12.3.